The van der Waals surface area contributed by atoms with Gasteiger partial charge in [-0.15, -0.1) is 0 Å². The lowest BCUT2D eigenvalue weighted by Crippen LogP contribution is -2.26. The standard InChI is InChI=1S/C17H21NO6S/c1-9-15(11(3)19)10(2)18-16(9)17(21)12(4)24-14(20)7-13-5-6-25(22,23)8-13/h5-6,12-13,18H,7-8H2,1-4H3/t12-,13-/m0/s1. The van der Waals surface area contributed by atoms with Crippen molar-refractivity contribution in [3.8, 4) is 0 Å². The molecule has 0 saturated heterocycles. The van der Waals surface area contributed by atoms with Crippen molar-refractivity contribution in [2.45, 2.75) is 40.2 Å². The van der Waals surface area contributed by atoms with Crippen LogP contribution < -0.4 is 0 Å². The van der Waals surface area contributed by atoms with Crippen LogP contribution in [0.2, 0.25) is 0 Å². The largest absolute Gasteiger partial charge is 0.454 e. The summed E-state index contributed by atoms with van der Waals surface area (Å²) in [5, 5.41) is 1.09. The van der Waals surface area contributed by atoms with Gasteiger partial charge in [-0.1, -0.05) is 6.08 Å². The van der Waals surface area contributed by atoms with Gasteiger partial charge in [0.2, 0.25) is 5.78 Å². The first-order valence-electron chi connectivity index (χ1n) is 7.86. The zero-order chi connectivity index (χ0) is 18.9. The minimum atomic E-state index is -3.24. The maximum atomic E-state index is 12.5. The van der Waals surface area contributed by atoms with Crippen molar-refractivity contribution in [2.24, 2.45) is 5.92 Å². The first-order chi connectivity index (χ1) is 11.5. The third-order valence-electron chi connectivity index (χ3n) is 4.15. The molecular weight excluding hydrogens is 346 g/mol. The van der Waals surface area contributed by atoms with E-state index in [1.807, 2.05) is 0 Å². The zero-order valence-electron chi connectivity index (χ0n) is 14.6. The number of esters is 1. The van der Waals surface area contributed by atoms with E-state index in [0.717, 1.165) is 5.41 Å². The van der Waals surface area contributed by atoms with Gasteiger partial charge >= 0.3 is 5.97 Å². The lowest BCUT2D eigenvalue weighted by Gasteiger charge is -2.13. The Bertz CT molecular complexity index is 862. The van der Waals surface area contributed by atoms with Crippen molar-refractivity contribution in [1.82, 2.24) is 4.98 Å². The minimum Gasteiger partial charge on any atom is -0.454 e. The van der Waals surface area contributed by atoms with Crippen LogP contribution in [0.5, 0.6) is 0 Å². The number of aromatic amines is 1. The van der Waals surface area contributed by atoms with Crippen LogP contribution in [0.15, 0.2) is 11.5 Å². The first kappa shape index (κ1) is 19.1. The number of H-pyrrole nitrogens is 1. The van der Waals surface area contributed by atoms with Crippen LogP contribution in [0.3, 0.4) is 0 Å². The molecule has 1 aliphatic rings. The quantitative estimate of drug-likeness (QED) is 0.607. The highest BCUT2D eigenvalue weighted by atomic mass is 32.2. The summed E-state index contributed by atoms with van der Waals surface area (Å²) in [6.45, 7) is 6.23. The molecule has 2 atom stereocenters. The van der Waals surface area contributed by atoms with E-state index in [1.54, 1.807) is 13.8 Å². The fourth-order valence-electron chi connectivity index (χ4n) is 3.01. The van der Waals surface area contributed by atoms with Gasteiger partial charge in [0.25, 0.3) is 0 Å². The zero-order valence-corrected chi connectivity index (χ0v) is 15.4. The van der Waals surface area contributed by atoms with Crippen LogP contribution in [0.25, 0.3) is 0 Å². The summed E-state index contributed by atoms with van der Waals surface area (Å²) in [4.78, 5) is 39.0. The Kier molecular flexibility index (Phi) is 5.31. The van der Waals surface area contributed by atoms with E-state index >= 15 is 0 Å². The van der Waals surface area contributed by atoms with E-state index in [9.17, 15) is 22.8 Å². The summed E-state index contributed by atoms with van der Waals surface area (Å²) in [6, 6.07) is 0. The number of nitrogens with one attached hydrogen (secondary N) is 1. The van der Waals surface area contributed by atoms with Crippen molar-refractivity contribution in [1.29, 1.82) is 0 Å². The average molecular weight is 367 g/mol. The molecule has 0 unspecified atom stereocenters. The third kappa shape index (κ3) is 4.25. The van der Waals surface area contributed by atoms with Crippen LogP contribution in [0.1, 0.15) is 52.4 Å². The maximum absolute atomic E-state index is 12.5. The summed E-state index contributed by atoms with van der Waals surface area (Å²) < 4.78 is 27.8. The molecule has 1 N–H and O–H groups in total. The Morgan fingerprint density at radius 3 is 2.44 bits per heavy atom. The second-order valence-corrected chi connectivity index (χ2v) is 8.23. The molecule has 1 aromatic rings. The number of sulfone groups is 1. The minimum absolute atomic E-state index is 0.102. The predicted octanol–water partition coefficient (Wildman–Crippen LogP) is 1.90. The van der Waals surface area contributed by atoms with Gasteiger partial charge < -0.3 is 9.72 Å². The molecule has 7 nitrogen and oxygen atoms in total. The van der Waals surface area contributed by atoms with Crippen LogP contribution in [0.4, 0.5) is 0 Å². The summed E-state index contributed by atoms with van der Waals surface area (Å²) >= 11 is 0. The highest BCUT2D eigenvalue weighted by Crippen LogP contribution is 2.22. The number of aryl methyl sites for hydroxylation is 1. The molecule has 0 fully saturated rings. The fourth-order valence-corrected chi connectivity index (χ4v) is 4.41. The molecule has 0 amide bonds. The van der Waals surface area contributed by atoms with E-state index in [4.69, 9.17) is 4.74 Å². The molecule has 2 heterocycles. The summed E-state index contributed by atoms with van der Waals surface area (Å²) in [7, 11) is -3.24. The molecule has 0 aromatic carbocycles. The SMILES string of the molecule is CC(=O)c1c(C)[nH]c(C(=O)[C@H](C)OC(=O)C[C@@H]2C=CS(=O)(=O)C2)c1C. The lowest BCUT2D eigenvalue weighted by atomic mass is 10.0. The Balaban J connectivity index is 2.03. The van der Waals surface area contributed by atoms with Gasteiger partial charge in [0, 0.05) is 22.6 Å². The molecule has 0 saturated carbocycles. The Labute approximate surface area is 146 Å². The molecule has 8 heteroatoms. The number of aromatic nitrogens is 1. The monoisotopic (exact) mass is 367 g/mol. The molecule has 1 aromatic heterocycles. The number of ketones is 2. The van der Waals surface area contributed by atoms with Gasteiger partial charge in [0.05, 0.1) is 17.9 Å². The smallest absolute Gasteiger partial charge is 0.307 e. The van der Waals surface area contributed by atoms with E-state index < -0.39 is 33.6 Å². The number of rotatable bonds is 6. The lowest BCUT2D eigenvalue weighted by molar-refractivity contribution is -0.146. The van der Waals surface area contributed by atoms with Gasteiger partial charge in [-0.05, 0) is 33.3 Å². The normalized spacial score (nSPS) is 19.6. The molecule has 2 rings (SSSR count). The van der Waals surface area contributed by atoms with E-state index in [2.05, 4.69) is 4.98 Å². The second-order valence-electron chi connectivity index (χ2n) is 6.30. The molecule has 25 heavy (non-hydrogen) atoms. The highest BCUT2D eigenvalue weighted by Gasteiger charge is 2.28. The number of hydrogen-bond donors (Lipinski definition) is 1. The van der Waals surface area contributed by atoms with Gasteiger partial charge in [-0.2, -0.15) is 0 Å². The van der Waals surface area contributed by atoms with Gasteiger partial charge in [-0.3, -0.25) is 14.4 Å². The number of allylic oxidation sites excluding steroid dienone is 1. The summed E-state index contributed by atoms with van der Waals surface area (Å²) in [6.07, 6.45) is 0.321. The molecule has 0 radical (unpaired) electrons. The van der Waals surface area contributed by atoms with Crippen molar-refractivity contribution >= 4 is 27.4 Å². The van der Waals surface area contributed by atoms with Gasteiger partial charge in [0.15, 0.2) is 21.7 Å². The Morgan fingerprint density at radius 2 is 1.96 bits per heavy atom. The van der Waals surface area contributed by atoms with Crippen molar-refractivity contribution in [3.63, 3.8) is 0 Å². The molecule has 0 aliphatic carbocycles. The van der Waals surface area contributed by atoms with Crippen LogP contribution >= 0.6 is 0 Å². The second kappa shape index (κ2) is 6.95. The van der Waals surface area contributed by atoms with E-state index in [-0.39, 0.29) is 23.7 Å². The van der Waals surface area contributed by atoms with Crippen LogP contribution in [-0.2, 0) is 19.4 Å². The Hall–Kier alpha value is -2.22. The predicted molar refractivity (Wildman–Crippen MR) is 91.2 cm³/mol. The van der Waals surface area contributed by atoms with E-state index in [1.165, 1.54) is 19.9 Å². The number of Topliss-reactive ketones (excluding diaryl/α,β-unsaturated/α-hetero) is 2. The average Bonchev–Trinajstić information content (AvgIpc) is 2.96. The van der Waals surface area contributed by atoms with E-state index in [0.29, 0.717) is 16.8 Å². The Morgan fingerprint density at radius 1 is 1.32 bits per heavy atom. The molecular formula is C17H21NO6S. The number of carbonyl (C=O) groups excluding carboxylic acids is 3. The highest BCUT2D eigenvalue weighted by molar-refractivity contribution is 7.94. The van der Waals surface area contributed by atoms with Gasteiger partial charge in [-0.25, -0.2) is 8.42 Å². The summed E-state index contributed by atoms with van der Waals surface area (Å²) in [5.74, 6) is -1.78. The third-order valence-corrected chi connectivity index (χ3v) is 5.61. The maximum Gasteiger partial charge on any atom is 0.307 e. The number of ether oxygens (including phenoxy) is 1. The fraction of sp³-hybridized carbons (Fsp3) is 0.471. The van der Waals surface area contributed by atoms with Crippen LogP contribution in [0, 0.1) is 19.8 Å². The van der Waals surface area contributed by atoms with Crippen molar-refractivity contribution < 1.29 is 27.5 Å². The van der Waals surface area contributed by atoms with Gasteiger partial charge in [0.1, 0.15) is 0 Å². The number of hydrogen-bond acceptors (Lipinski definition) is 6. The first-order valence-corrected chi connectivity index (χ1v) is 9.58. The molecule has 0 bridgehead atoms. The van der Waals surface area contributed by atoms with Crippen molar-refractivity contribution in [3.05, 3.63) is 34.0 Å². The molecule has 0 spiro atoms. The number of carbonyl (C=O) groups is 3. The summed E-state index contributed by atoms with van der Waals surface area (Å²) in [5.41, 5.74) is 1.82. The van der Waals surface area contributed by atoms with Crippen molar-refractivity contribution in [2.75, 3.05) is 5.75 Å². The molecule has 1 aliphatic heterocycles. The topological polar surface area (TPSA) is 110 Å². The molecule has 136 valence electrons. The van der Waals surface area contributed by atoms with Crippen LogP contribution in [-0.4, -0.2) is 42.8 Å².